The first kappa shape index (κ1) is 126. The van der Waals surface area contributed by atoms with Crippen LogP contribution in [0.15, 0.2) is 217 Å². The number of aromatic nitrogens is 12. The third-order valence-corrected chi connectivity index (χ3v) is 22.5. The van der Waals surface area contributed by atoms with Gasteiger partial charge in [0.05, 0.1) is 119 Å². The highest BCUT2D eigenvalue weighted by molar-refractivity contribution is 6.85. The number of nitrogens with one attached hydrogen (secondary N) is 11. The van der Waals surface area contributed by atoms with Crippen LogP contribution in [0.25, 0.3) is 0 Å². The average molecular weight is 2340 g/mol. The Bertz CT molecular complexity index is 6650. The van der Waals surface area contributed by atoms with E-state index in [1.165, 1.54) is 30.5 Å². The summed E-state index contributed by atoms with van der Waals surface area (Å²) in [7, 11) is 8.22. The lowest BCUT2D eigenvalue weighted by Crippen LogP contribution is -2.36. The SMILES string of the molecule is C.C.C.CC(C)(C)OC(=O)Nc1ccccc1N.CC(C)(C)OC(=O)Nc1ccccc1Nc1nc(Cl)ncc1Cl.ClCl.Clc1ncc(Cl)c(Cl)n1.Nc1ccc(N2CCOCC2)cc1.Nc1ccccc1Nc1nc(Cl)ncc1Cl.O=C(Cl)C1CC1.O=C(Nc1ccccc1Nc1nc(Cl)ncc1Cl)C1CC1.O=C(Nc1ccccc1Nc1nc(Nc2ccc(N3CCOCC3)cc2)ncc1Cl)C1CC1.O=c1[nH]cc(Cl)c(=O)[nH]1. The van der Waals surface area contributed by atoms with Crippen LogP contribution < -0.4 is 86.1 Å². The number of carbonyl (C=O) groups excluding carboxylic acids is 5. The van der Waals surface area contributed by atoms with Crippen molar-refractivity contribution in [2.24, 2.45) is 17.8 Å². The van der Waals surface area contributed by atoms with Crippen molar-refractivity contribution in [1.82, 2.24) is 59.8 Å². The summed E-state index contributed by atoms with van der Waals surface area (Å²) in [5.74, 6) is 2.59. The number of carbonyl (C=O) groups is 5. The highest BCUT2D eigenvalue weighted by atomic mass is 36.5. The van der Waals surface area contributed by atoms with Gasteiger partial charge in [-0.25, -0.2) is 44.3 Å². The number of anilines is 19. The monoisotopic (exact) mass is 2330 g/mol. The number of nitrogens with zero attached hydrogens (tertiary/aromatic N) is 12. The van der Waals surface area contributed by atoms with Crippen molar-refractivity contribution in [2.45, 2.75) is 114 Å². The fraction of sp³-hybridized carbons (Fsp3) is 0.283. The number of halogens is 14. The first-order valence-electron chi connectivity index (χ1n) is 44.4. The third-order valence-electron chi connectivity index (χ3n) is 19.4. The van der Waals surface area contributed by atoms with Gasteiger partial charge in [0.1, 0.15) is 36.3 Å². The molecule has 0 radical (unpaired) electrons. The van der Waals surface area contributed by atoms with Crippen molar-refractivity contribution >= 4 is 299 Å². The molecule has 6 aromatic heterocycles. The van der Waals surface area contributed by atoms with E-state index in [0.717, 1.165) is 120 Å². The van der Waals surface area contributed by atoms with E-state index in [1.807, 2.05) is 96.0 Å². The van der Waals surface area contributed by atoms with E-state index in [2.05, 4.69) is 158 Å². The van der Waals surface area contributed by atoms with Gasteiger partial charge in [0.25, 0.3) is 5.56 Å². The minimum absolute atomic E-state index is 0. The summed E-state index contributed by atoms with van der Waals surface area (Å²) >= 11 is 68.1. The van der Waals surface area contributed by atoms with Gasteiger partial charge in [-0.3, -0.25) is 34.8 Å². The molecule has 802 valence electrons. The Morgan fingerprint density at radius 1 is 0.380 bits per heavy atom. The minimum atomic E-state index is -0.587. The van der Waals surface area contributed by atoms with Crippen LogP contribution >= 0.6 is 161 Å². The normalized spacial score (nSPS) is 12.8. The van der Waals surface area contributed by atoms with E-state index >= 15 is 0 Å². The van der Waals surface area contributed by atoms with Crippen LogP contribution in [0.2, 0.25) is 56.4 Å². The Hall–Kier alpha value is -12.3. The molecule has 8 heterocycles. The predicted molar refractivity (Wildman–Crippen MR) is 612 cm³/mol. The molecule has 18 rings (SSSR count). The fourth-order valence-corrected chi connectivity index (χ4v) is 13.6. The van der Waals surface area contributed by atoms with E-state index in [1.54, 1.807) is 102 Å². The van der Waals surface area contributed by atoms with Crippen molar-refractivity contribution in [3.05, 3.63) is 284 Å². The molecule has 13 aromatic rings. The van der Waals surface area contributed by atoms with Crippen molar-refractivity contribution in [3.63, 3.8) is 0 Å². The molecule has 37 nitrogen and oxygen atoms in total. The second-order valence-corrected chi connectivity index (χ2v) is 37.8. The summed E-state index contributed by atoms with van der Waals surface area (Å²) < 4.78 is 21.0. The Kier molecular flexibility index (Phi) is 53.8. The Balaban J connectivity index is 0.000000266. The Labute approximate surface area is 937 Å². The molecule has 3 saturated carbocycles. The highest BCUT2D eigenvalue weighted by Crippen LogP contribution is 2.38. The van der Waals surface area contributed by atoms with E-state index < -0.39 is 34.6 Å². The summed E-state index contributed by atoms with van der Waals surface area (Å²) in [6.07, 6.45) is 13.1. The summed E-state index contributed by atoms with van der Waals surface area (Å²) in [4.78, 5) is 126. The van der Waals surface area contributed by atoms with Crippen LogP contribution in [0.3, 0.4) is 0 Å². The van der Waals surface area contributed by atoms with E-state index in [-0.39, 0.29) is 88.4 Å². The maximum Gasteiger partial charge on any atom is 0.412 e. The van der Waals surface area contributed by atoms with Crippen LogP contribution in [0.1, 0.15) is 102 Å². The van der Waals surface area contributed by atoms with Crippen LogP contribution in [-0.4, -0.2) is 153 Å². The van der Waals surface area contributed by atoms with Gasteiger partial charge in [-0.15, -0.1) is 0 Å². The van der Waals surface area contributed by atoms with E-state index in [4.69, 9.17) is 175 Å². The van der Waals surface area contributed by atoms with Crippen molar-refractivity contribution in [3.8, 4) is 0 Å². The van der Waals surface area contributed by atoms with E-state index in [0.29, 0.717) is 106 Å². The maximum atomic E-state index is 12.2. The largest absolute Gasteiger partial charge is 0.444 e. The number of H-pyrrole nitrogens is 2. The van der Waals surface area contributed by atoms with Crippen LogP contribution in [0, 0.1) is 17.8 Å². The van der Waals surface area contributed by atoms with Gasteiger partial charge in [0.2, 0.25) is 44.1 Å². The van der Waals surface area contributed by atoms with Gasteiger partial charge in [-0.05, 0) is 247 Å². The molecule has 17 N–H and O–H groups in total. The topological polar surface area (TPSA) is 510 Å². The number of amides is 4. The van der Waals surface area contributed by atoms with Crippen molar-refractivity contribution in [2.75, 3.05) is 127 Å². The minimum Gasteiger partial charge on any atom is -0.444 e. The number of ether oxygens (including phenoxy) is 4. The van der Waals surface area contributed by atoms with Crippen LogP contribution in [0.4, 0.5) is 118 Å². The summed E-state index contributed by atoms with van der Waals surface area (Å²) in [6.45, 7) is 17.7. The average Bonchev–Trinajstić information content (AvgIpc) is 1.71. The van der Waals surface area contributed by atoms with Gasteiger partial charge >= 0.3 is 17.9 Å². The number of aromatic amines is 2. The number of hydrogen-bond donors (Lipinski definition) is 14. The van der Waals surface area contributed by atoms with Crippen molar-refractivity contribution in [1.29, 1.82) is 0 Å². The number of nitrogens with two attached hydrogens (primary N) is 3. The highest BCUT2D eigenvalue weighted by Gasteiger charge is 2.32. The molecule has 150 heavy (non-hydrogen) atoms. The molecular formula is C99H112Cl14N26O11. The maximum absolute atomic E-state index is 12.2. The molecule has 3 aliphatic carbocycles. The fourth-order valence-electron chi connectivity index (χ4n) is 11.9. The molecule has 0 atom stereocenters. The number of benzene rings is 7. The quantitative estimate of drug-likeness (QED) is 0.0155. The Morgan fingerprint density at radius 3 is 1.04 bits per heavy atom. The van der Waals surface area contributed by atoms with Gasteiger partial charge in [0.15, 0.2) is 28.4 Å². The molecule has 0 unspecified atom stereocenters. The van der Waals surface area contributed by atoms with Gasteiger partial charge < -0.3 is 88.1 Å². The smallest absolute Gasteiger partial charge is 0.412 e. The molecule has 2 saturated heterocycles. The number of para-hydroxylation sites is 10. The molecular weight excluding hydrogens is 2230 g/mol. The standard InChI is InChI=1S/C24H25ClN6O2.C15H16Cl2N4O2.C14H12Cl2N4O.C11H16N2O2.C10H8Cl2N4.C10H14N2O.C4HCl3N2.C4H3ClN2O2.C4H5ClO.3CH4.Cl2/c25-19-15-26-24(27-17-7-9-18(10-8-17)31-11-13-33-14-12-31)30-22(19)28-20-3-1-2-4-21(20)29-23(32)16-5-6-16;1-15(2,3)23-14(22)20-11-7-5-4-6-10(11)19-12-9(16)8-18-13(17)21-12;15-9-7-17-14(16)20-12(9)18-10-3-1-2-4-11(10)19-13(21)8-5-6-8;1-11(2,3)15-10(14)13-9-7-5-4-6-8(9)12;11-6-5-14-10(12)16-9(6)15-8-4-2-1-3-7(8)13;11-9-1-3-10(4-2-9)12-5-7-13-8-6-12;5-2-1-8-4(7)9-3(2)6;5-2-1-6-4(9)7-3(2)8;5-4(6)3-1-2-3;;;;1-2/h1-4,7-10,15-16H,5-6,11-14H2,(H,29,32)(H2,26,27,28,30);4-8H,1-3H3,(H,20,22)(H,18,19,21);1-4,7-8H,5-6H2,(H,19,21)(H,17,18,20);4-7H,12H2,1-3H3,(H,13,14);1-5H,13H2,(H,14,15,16);1-4H,5-8,11H2;1H;1H,(H2,6,7,8,9);3H,1-2H2;3*1H4;. The zero-order valence-electron chi connectivity index (χ0n) is 79.1. The lowest BCUT2D eigenvalue weighted by molar-refractivity contribution is -0.118. The number of morpholine rings is 2. The molecule has 0 bridgehead atoms. The number of hydrogen-bond acceptors (Lipinski definition) is 31. The molecule has 5 fully saturated rings. The lowest BCUT2D eigenvalue weighted by Gasteiger charge is -2.28. The molecule has 5 aliphatic rings. The zero-order chi connectivity index (χ0) is 107. The Morgan fingerprint density at radius 2 is 0.700 bits per heavy atom. The number of rotatable bonds is 19. The molecule has 51 heteroatoms. The van der Waals surface area contributed by atoms with E-state index in [9.17, 15) is 33.6 Å². The molecule has 7 aromatic carbocycles. The molecule has 2 aliphatic heterocycles. The first-order chi connectivity index (χ1) is 70.1. The van der Waals surface area contributed by atoms with Crippen molar-refractivity contribution < 1.29 is 42.9 Å². The first-order valence-corrected chi connectivity index (χ1v) is 50.1. The summed E-state index contributed by atoms with van der Waals surface area (Å²) in [5.41, 5.74) is 25.2. The summed E-state index contributed by atoms with van der Waals surface area (Å²) in [6, 6.07) is 52.4. The van der Waals surface area contributed by atoms with Gasteiger partial charge in [-0.2, -0.15) is 19.9 Å². The lowest BCUT2D eigenvalue weighted by atomic mass is 10.2. The predicted octanol–water partition coefficient (Wildman–Crippen LogP) is 27.0. The molecule has 0 spiro atoms. The van der Waals surface area contributed by atoms with Gasteiger partial charge in [0, 0.05) is 94.6 Å². The second-order valence-electron chi connectivity index (χ2n) is 33.2. The zero-order valence-corrected chi connectivity index (χ0v) is 89.7. The second kappa shape index (κ2) is 63.8. The number of nitrogen functional groups attached to an aromatic ring is 3. The van der Waals surface area contributed by atoms with Crippen LogP contribution in [-0.2, 0) is 33.3 Å². The third kappa shape index (κ3) is 45.9. The molecule has 4 amide bonds. The summed E-state index contributed by atoms with van der Waals surface area (Å²) in [5, 5.41) is 28.8. The van der Waals surface area contributed by atoms with Crippen LogP contribution in [0.5, 0.6) is 0 Å². The van der Waals surface area contributed by atoms with Gasteiger partial charge in [-0.1, -0.05) is 164 Å².